The maximum atomic E-state index is 12.3. The Hall–Kier alpha value is -3.34. The lowest BCUT2D eigenvalue weighted by molar-refractivity contribution is -0.134. The van der Waals surface area contributed by atoms with Crippen LogP contribution in [0.3, 0.4) is 0 Å². The van der Waals surface area contributed by atoms with Gasteiger partial charge in [0, 0.05) is 23.9 Å². The monoisotopic (exact) mass is 492 g/mol. The number of benzene rings is 1. The molecule has 0 fully saturated rings. The second-order valence-electron chi connectivity index (χ2n) is 8.70. The average molecular weight is 493 g/mol. The Labute approximate surface area is 215 Å². The topological polar surface area (TPSA) is 65.7 Å². The third-order valence-electron chi connectivity index (χ3n) is 5.67. The van der Waals surface area contributed by atoms with E-state index in [0.29, 0.717) is 17.8 Å². The van der Waals surface area contributed by atoms with Crippen LogP contribution in [0.1, 0.15) is 76.7 Å². The zero-order chi connectivity index (χ0) is 26.0. The minimum atomic E-state index is -0.443. The van der Waals surface area contributed by atoms with Crippen LogP contribution in [0, 0.1) is 6.92 Å². The lowest BCUT2D eigenvalue weighted by atomic mass is 10.1. The quantitative estimate of drug-likeness (QED) is 0.0777. The fourth-order valence-electron chi connectivity index (χ4n) is 3.66. The van der Waals surface area contributed by atoms with Gasteiger partial charge < -0.3 is 13.9 Å². The fourth-order valence-corrected chi connectivity index (χ4v) is 3.66. The summed E-state index contributed by atoms with van der Waals surface area (Å²) in [5, 5.41) is 0.742. The predicted molar refractivity (Wildman–Crippen MR) is 148 cm³/mol. The molecule has 36 heavy (non-hydrogen) atoms. The van der Waals surface area contributed by atoms with Crippen LogP contribution in [0.2, 0.25) is 0 Å². The van der Waals surface area contributed by atoms with E-state index in [2.05, 4.69) is 55.5 Å². The highest BCUT2D eigenvalue weighted by Gasteiger charge is 2.14. The molecule has 0 aliphatic rings. The molecule has 194 valence electrons. The summed E-state index contributed by atoms with van der Waals surface area (Å²) in [5.74, 6) is 0.327. The van der Waals surface area contributed by atoms with Crippen molar-refractivity contribution in [2.45, 2.75) is 78.1 Å². The van der Waals surface area contributed by atoms with Gasteiger partial charge in [0.05, 0.1) is 7.11 Å². The summed E-state index contributed by atoms with van der Waals surface area (Å²) >= 11 is 0. The number of carbonyl (C=O) groups excluding carboxylic acids is 1. The number of methoxy groups -OCH3 is 1. The molecule has 1 aromatic heterocycles. The van der Waals surface area contributed by atoms with E-state index in [1.807, 2.05) is 6.92 Å². The highest BCUT2D eigenvalue weighted by atomic mass is 16.6. The normalized spacial score (nSPS) is 12.1. The number of unbranched alkanes of at least 4 members (excludes halogenated alkanes) is 4. The van der Waals surface area contributed by atoms with Gasteiger partial charge in [-0.05, 0) is 63.5 Å². The second-order valence-corrected chi connectivity index (χ2v) is 8.70. The number of rotatable bonds is 16. The second kappa shape index (κ2) is 17.1. The van der Waals surface area contributed by atoms with Crippen molar-refractivity contribution in [3.8, 4) is 11.5 Å². The molecule has 0 radical (unpaired) electrons. The van der Waals surface area contributed by atoms with E-state index in [1.54, 1.807) is 6.07 Å². The van der Waals surface area contributed by atoms with E-state index in [9.17, 15) is 9.59 Å². The van der Waals surface area contributed by atoms with Crippen LogP contribution in [0.25, 0.3) is 11.0 Å². The molecule has 0 atom stereocenters. The van der Waals surface area contributed by atoms with Gasteiger partial charge in [0.25, 0.3) is 0 Å². The van der Waals surface area contributed by atoms with Crippen molar-refractivity contribution in [2.24, 2.45) is 0 Å². The van der Waals surface area contributed by atoms with Crippen LogP contribution in [0.4, 0.5) is 0 Å². The third kappa shape index (κ3) is 10.9. The maximum absolute atomic E-state index is 12.3. The lowest BCUT2D eigenvalue weighted by Crippen LogP contribution is -2.08. The number of carbonyl (C=O) groups is 1. The first-order chi connectivity index (χ1) is 17.5. The van der Waals surface area contributed by atoms with Crippen molar-refractivity contribution in [3.05, 3.63) is 82.8 Å². The zero-order valence-corrected chi connectivity index (χ0v) is 22.0. The Kier molecular flexibility index (Phi) is 13.8. The number of esters is 1. The van der Waals surface area contributed by atoms with Crippen molar-refractivity contribution in [1.82, 2.24) is 0 Å². The van der Waals surface area contributed by atoms with Gasteiger partial charge in [-0.1, -0.05) is 68.4 Å². The van der Waals surface area contributed by atoms with Crippen LogP contribution in [-0.2, 0) is 4.79 Å². The number of hydrogen-bond donors (Lipinski definition) is 0. The zero-order valence-electron chi connectivity index (χ0n) is 22.0. The molecule has 0 saturated carbocycles. The molecule has 5 nitrogen and oxygen atoms in total. The molecule has 1 aromatic carbocycles. The van der Waals surface area contributed by atoms with E-state index in [0.717, 1.165) is 36.6 Å². The third-order valence-corrected chi connectivity index (χ3v) is 5.67. The molecule has 0 spiro atoms. The standard InChI is InChI=1S/C31H40O5/c1-4-5-6-7-8-9-10-11-12-13-14-15-16-17-18-19-20-21-30(32)36-29-24-27-26(23-28(29)34-3)25(2)22-31(33)35-27/h8-9,11-12,14-15,17-18,22-24H,4-7,10,13,16,19-21H2,1-3H3/b9-8-,12-11-,15-14-,18-17-. The van der Waals surface area contributed by atoms with E-state index < -0.39 is 5.63 Å². The molecule has 2 aromatic rings. The molecule has 0 N–H and O–H groups in total. The Morgan fingerprint density at radius 2 is 1.44 bits per heavy atom. The molecule has 0 aliphatic carbocycles. The maximum Gasteiger partial charge on any atom is 0.336 e. The molecule has 0 unspecified atom stereocenters. The van der Waals surface area contributed by atoms with Gasteiger partial charge >= 0.3 is 11.6 Å². The predicted octanol–water partition coefficient (Wildman–Crippen LogP) is 8.16. The van der Waals surface area contributed by atoms with Crippen molar-refractivity contribution in [3.63, 3.8) is 0 Å². The summed E-state index contributed by atoms with van der Waals surface area (Å²) in [6.07, 6.45) is 27.1. The van der Waals surface area contributed by atoms with Gasteiger partial charge in [-0.2, -0.15) is 0 Å². The van der Waals surface area contributed by atoms with Crippen LogP contribution in [-0.4, -0.2) is 13.1 Å². The molecule has 0 aliphatic heterocycles. The van der Waals surface area contributed by atoms with Crippen molar-refractivity contribution >= 4 is 16.9 Å². The molecule has 2 rings (SSSR count). The SMILES string of the molecule is CCCCC/C=C\C/C=C\C/C=C\C/C=C\CCCC(=O)Oc1cc2oc(=O)cc(C)c2cc1OC. The van der Waals surface area contributed by atoms with E-state index >= 15 is 0 Å². The summed E-state index contributed by atoms with van der Waals surface area (Å²) in [4.78, 5) is 23.9. The molecular weight excluding hydrogens is 452 g/mol. The van der Waals surface area contributed by atoms with Crippen molar-refractivity contribution in [1.29, 1.82) is 0 Å². The number of hydrogen-bond acceptors (Lipinski definition) is 5. The Bertz CT molecular complexity index is 1120. The molecule has 5 heteroatoms. The summed E-state index contributed by atoms with van der Waals surface area (Å²) in [7, 11) is 1.51. The van der Waals surface area contributed by atoms with Gasteiger partial charge in [-0.15, -0.1) is 0 Å². The van der Waals surface area contributed by atoms with E-state index in [1.165, 1.54) is 44.9 Å². The Balaban J connectivity index is 1.64. The minimum Gasteiger partial charge on any atom is -0.493 e. The smallest absolute Gasteiger partial charge is 0.336 e. The summed E-state index contributed by atoms with van der Waals surface area (Å²) in [6, 6.07) is 4.67. The summed E-state index contributed by atoms with van der Waals surface area (Å²) in [5.41, 5.74) is 0.697. The number of aryl methyl sites for hydroxylation is 1. The van der Waals surface area contributed by atoms with Gasteiger partial charge in [-0.25, -0.2) is 4.79 Å². The molecular formula is C31H40O5. The molecule has 0 amide bonds. The minimum absolute atomic E-state index is 0.251. The number of fused-ring (bicyclic) bond motifs is 1. The highest BCUT2D eigenvalue weighted by Crippen LogP contribution is 2.33. The average Bonchev–Trinajstić information content (AvgIpc) is 2.85. The number of allylic oxidation sites excluding steroid dienone is 8. The Morgan fingerprint density at radius 3 is 2.06 bits per heavy atom. The molecule has 0 bridgehead atoms. The van der Waals surface area contributed by atoms with E-state index in [-0.39, 0.29) is 18.1 Å². The van der Waals surface area contributed by atoms with Crippen molar-refractivity contribution in [2.75, 3.05) is 7.11 Å². The first kappa shape index (κ1) is 28.9. The largest absolute Gasteiger partial charge is 0.493 e. The van der Waals surface area contributed by atoms with Gasteiger partial charge in [0.15, 0.2) is 11.5 Å². The molecule has 1 heterocycles. The van der Waals surface area contributed by atoms with E-state index in [4.69, 9.17) is 13.9 Å². The van der Waals surface area contributed by atoms with Gasteiger partial charge in [-0.3, -0.25) is 4.79 Å². The molecule has 0 saturated heterocycles. The number of ether oxygens (including phenoxy) is 2. The van der Waals surface area contributed by atoms with Gasteiger partial charge in [0.1, 0.15) is 5.58 Å². The van der Waals surface area contributed by atoms with Crippen LogP contribution < -0.4 is 15.1 Å². The first-order valence-corrected chi connectivity index (χ1v) is 13.0. The summed E-state index contributed by atoms with van der Waals surface area (Å²) in [6.45, 7) is 4.05. The van der Waals surface area contributed by atoms with Crippen LogP contribution in [0.15, 0.2) is 76.0 Å². The summed E-state index contributed by atoms with van der Waals surface area (Å²) < 4.78 is 16.1. The fraction of sp³-hybridized carbons (Fsp3) is 0.419. The highest BCUT2D eigenvalue weighted by molar-refractivity contribution is 5.85. The lowest BCUT2D eigenvalue weighted by Gasteiger charge is -2.11. The van der Waals surface area contributed by atoms with Crippen LogP contribution in [0.5, 0.6) is 11.5 Å². The van der Waals surface area contributed by atoms with Gasteiger partial charge in [0.2, 0.25) is 0 Å². The Morgan fingerprint density at radius 1 is 0.833 bits per heavy atom. The first-order valence-electron chi connectivity index (χ1n) is 13.0. The van der Waals surface area contributed by atoms with Crippen molar-refractivity contribution < 1.29 is 18.7 Å². The van der Waals surface area contributed by atoms with Crippen LogP contribution >= 0.6 is 0 Å².